The number of benzene rings is 3. The molecule has 0 bridgehead atoms. The summed E-state index contributed by atoms with van der Waals surface area (Å²) in [5, 5.41) is 8.03. The van der Waals surface area contributed by atoms with Gasteiger partial charge in [0.05, 0.1) is 46.6 Å². The van der Waals surface area contributed by atoms with Crippen LogP contribution in [0.2, 0.25) is 10.0 Å². The van der Waals surface area contributed by atoms with Crippen molar-refractivity contribution in [2.24, 2.45) is 0 Å². The molecule has 0 aromatic heterocycles. The Morgan fingerprint density at radius 2 is 1.47 bits per heavy atom. The first-order valence-corrected chi connectivity index (χ1v) is 19.2. The van der Waals surface area contributed by atoms with Gasteiger partial charge in [-0.25, -0.2) is 4.79 Å². The lowest BCUT2D eigenvalue weighted by molar-refractivity contribution is -0.142. The highest BCUT2D eigenvalue weighted by Crippen LogP contribution is 2.34. The monoisotopic (exact) mass is 773 g/mol. The number of carbonyl (C=O) groups is 2. The Labute approximate surface area is 310 Å². The summed E-state index contributed by atoms with van der Waals surface area (Å²) in [5.74, 6) is -0.582. The van der Waals surface area contributed by atoms with E-state index in [9.17, 15) is 9.59 Å². The number of ether oxygens (including phenoxy) is 2. The van der Waals surface area contributed by atoms with Crippen LogP contribution in [-0.2, 0) is 27.2 Å². The van der Waals surface area contributed by atoms with Crippen LogP contribution >= 0.6 is 39.1 Å². The second-order valence-electron chi connectivity index (χ2n) is 13.0. The van der Waals surface area contributed by atoms with Gasteiger partial charge in [-0.1, -0.05) is 106 Å². The molecule has 0 amide bonds. The second kappa shape index (κ2) is 20.2. The lowest BCUT2D eigenvalue weighted by atomic mass is 9.79. The number of nitrogens with one attached hydrogen (secondary N) is 2. The Hall–Kier alpha value is -2.78. The molecular formula is C39H50BrCl2N3O4. The van der Waals surface area contributed by atoms with Gasteiger partial charge < -0.3 is 25.8 Å². The van der Waals surface area contributed by atoms with Crippen molar-refractivity contribution in [1.29, 1.82) is 0 Å². The molecule has 0 radical (unpaired) electrons. The molecule has 0 unspecified atom stereocenters. The van der Waals surface area contributed by atoms with Crippen molar-refractivity contribution in [1.82, 2.24) is 5.32 Å². The fourth-order valence-corrected chi connectivity index (χ4v) is 7.38. The van der Waals surface area contributed by atoms with E-state index in [0.717, 1.165) is 72.7 Å². The first-order valence-electron chi connectivity index (χ1n) is 17.7. The van der Waals surface area contributed by atoms with E-state index in [1.165, 1.54) is 32.1 Å². The Kier molecular flexibility index (Phi) is 16.1. The van der Waals surface area contributed by atoms with Gasteiger partial charge in [0.1, 0.15) is 0 Å². The number of nitrogen functional groups attached to an aromatic ring is 1. The largest absolute Gasteiger partial charge is 0.465 e. The van der Waals surface area contributed by atoms with E-state index in [0.29, 0.717) is 46.7 Å². The standard InChI is InChI=1S/C39H50BrCl2N3O4/c1-2-39(20-11-8-12-21-39)44-27-30-24-29(25-31(40)36(30)43)38(47)49-23-14-7-5-3-4-6-13-22-48-35(46)26-28-16-9-10-19-34(28)45-37-32(41)17-15-18-33(37)42/h9-10,15-19,24-25,44-45H,2-8,11-14,20-23,26-27,43H2,1H3. The number of anilines is 3. The van der Waals surface area contributed by atoms with E-state index >= 15 is 0 Å². The summed E-state index contributed by atoms with van der Waals surface area (Å²) in [7, 11) is 0. The molecule has 266 valence electrons. The first-order chi connectivity index (χ1) is 23.7. The summed E-state index contributed by atoms with van der Waals surface area (Å²) < 4.78 is 11.8. The molecule has 10 heteroatoms. The van der Waals surface area contributed by atoms with Crippen LogP contribution in [0.5, 0.6) is 0 Å². The molecule has 0 saturated heterocycles. The minimum Gasteiger partial charge on any atom is -0.465 e. The third-order valence-corrected chi connectivity index (χ3v) is 10.7. The molecule has 1 saturated carbocycles. The van der Waals surface area contributed by atoms with Crippen molar-refractivity contribution in [3.8, 4) is 0 Å². The van der Waals surface area contributed by atoms with Crippen LogP contribution in [0.3, 0.4) is 0 Å². The third kappa shape index (κ3) is 12.2. The van der Waals surface area contributed by atoms with Crippen LogP contribution in [0.15, 0.2) is 59.1 Å². The highest BCUT2D eigenvalue weighted by molar-refractivity contribution is 9.10. The number of hydrogen-bond donors (Lipinski definition) is 3. The number of nitrogens with two attached hydrogens (primary N) is 1. The van der Waals surface area contributed by atoms with Gasteiger partial charge in [0.2, 0.25) is 0 Å². The molecule has 0 heterocycles. The molecule has 0 spiro atoms. The highest BCUT2D eigenvalue weighted by Gasteiger charge is 2.29. The van der Waals surface area contributed by atoms with Crippen LogP contribution in [0.25, 0.3) is 0 Å². The maximum Gasteiger partial charge on any atom is 0.338 e. The van der Waals surface area contributed by atoms with E-state index in [4.69, 9.17) is 38.4 Å². The molecule has 7 nitrogen and oxygen atoms in total. The summed E-state index contributed by atoms with van der Waals surface area (Å²) >= 11 is 16.1. The number of rotatable bonds is 19. The number of esters is 2. The molecule has 4 rings (SSSR count). The molecule has 3 aromatic carbocycles. The molecular weight excluding hydrogens is 725 g/mol. The van der Waals surface area contributed by atoms with Crippen molar-refractivity contribution in [3.63, 3.8) is 0 Å². The van der Waals surface area contributed by atoms with Gasteiger partial charge in [-0.05, 0) is 89.5 Å². The first kappa shape index (κ1) is 39.0. The Balaban J connectivity index is 1.07. The molecule has 4 N–H and O–H groups in total. The van der Waals surface area contributed by atoms with Crippen LogP contribution in [0, 0.1) is 0 Å². The molecule has 3 aromatic rings. The molecule has 0 aliphatic heterocycles. The van der Waals surface area contributed by atoms with Crippen molar-refractivity contribution in [2.75, 3.05) is 24.3 Å². The van der Waals surface area contributed by atoms with Gasteiger partial charge in [0.25, 0.3) is 0 Å². The third-order valence-electron chi connectivity index (χ3n) is 9.45. The van der Waals surface area contributed by atoms with Crippen molar-refractivity contribution < 1.29 is 19.1 Å². The smallest absolute Gasteiger partial charge is 0.338 e. The fraction of sp³-hybridized carbons (Fsp3) is 0.487. The Morgan fingerprint density at radius 3 is 2.14 bits per heavy atom. The lowest BCUT2D eigenvalue weighted by Crippen LogP contribution is -2.45. The number of unbranched alkanes of at least 4 members (excludes halogenated alkanes) is 6. The van der Waals surface area contributed by atoms with E-state index in [1.807, 2.05) is 30.3 Å². The van der Waals surface area contributed by atoms with Crippen LogP contribution < -0.4 is 16.4 Å². The van der Waals surface area contributed by atoms with Gasteiger partial charge >= 0.3 is 11.9 Å². The van der Waals surface area contributed by atoms with Crippen LogP contribution in [-0.4, -0.2) is 30.7 Å². The summed E-state index contributed by atoms with van der Waals surface area (Å²) in [6.45, 7) is 3.68. The minimum atomic E-state index is -0.316. The average molecular weight is 776 g/mol. The van der Waals surface area contributed by atoms with Gasteiger partial charge in [-0.15, -0.1) is 0 Å². The fourth-order valence-electron chi connectivity index (χ4n) is 6.38. The zero-order valence-electron chi connectivity index (χ0n) is 28.6. The van der Waals surface area contributed by atoms with E-state index in [-0.39, 0.29) is 23.9 Å². The zero-order chi connectivity index (χ0) is 35.1. The normalized spacial score (nSPS) is 14.0. The number of para-hydroxylation sites is 2. The maximum atomic E-state index is 12.8. The van der Waals surface area contributed by atoms with Gasteiger partial charge in [-0.2, -0.15) is 0 Å². The van der Waals surface area contributed by atoms with E-state index in [1.54, 1.807) is 24.3 Å². The maximum absolute atomic E-state index is 12.8. The number of carbonyl (C=O) groups excluding carboxylic acids is 2. The topological polar surface area (TPSA) is 103 Å². The predicted molar refractivity (Wildman–Crippen MR) is 205 cm³/mol. The minimum absolute atomic E-state index is 0.154. The number of hydrogen-bond acceptors (Lipinski definition) is 7. The SMILES string of the molecule is CCC1(NCc2cc(C(=O)OCCCCCCCCCOC(=O)Cc3ccccc3Nc3c(Cl)cccc3Cl)cc(Br)c2N)CCCCC1. The van der Waals surface area contributed by atoms with Gasteiger partial charge in [-0.3, -0.25) is 4.79 Å². The summed E-state index contributed by atoms with van der Waals surface area (Å²) in [4.78, 5) is 25.4. The van der Waals surface area contributed by atoms with Crippen LogP contribution in [0.4, 0.5) is 17.1 Å². The summed E-state index contributed by atoms with van der Waals surface area (Å²) in [6.07, 6.45) is 14.3. The lowest BCUT2D eigenvalue weighted by Gasteiger charge is -2.38. The summed E-state index contributed by atoms with van der Waals surface area (Å²) in [6, 6.07) is 16.5. The quantitative estimate of drug-likeness (QED) is 0.0633. The summed E-state index contributed by atoms with van der Waals surface area (Å²) in [5.41, 5.74) is 10.8. The second-order valence-corrected chi connectivity index (χ2v) is 14.6. The van der Waals surface area contributed by atoms with Crippen molar-refractivity contribution in [3.05, 3.63) is 85.8 Å². The van der Waals surface area contributed by atoms with Crippen molar-refractivity contribution in [2.45, 2.75) is 109 Å². The molecule has 1 fully saturated rings. The van der Waals surface area contributed by atoms with Gasteiger partial charge in [0.15, 0.2) is 0 Å². The molecule has 1 aliphatic carbocycles. The highest BCUT2D eigenvalue weighted by atomic mass is 79.9. The van der Waals surface area contributed by atoms with E-state index < -0.39 is 0 Å². The predicted octanol–water partition coefficient (Wildman–Crippen LogP) is 11.0. The average Bonchev–Trinajstić information content (AvgIpc) is 3.10. The zero-order valence-corrected chi connectivity index (χ0v) is 31.7. The molecule has 0 atom stereocenters. The number of halogens is 3. The van der Waals surface area contributed by atoms with Gasteiger partial charge in [0, 0.05) is 22.2 Å². The Morgan fingerprint density at radius 1 is 0.837 bits per heavy atom. The van der Waals surface area contributed by atoms with Crippen LogP contribution in [0.1, 0.15) is 112 Å². The van der Waals surface area contributed by atoms with E-state index in [2.05, 4.69) is 33.5 Å². The Bertz CT molecular complexity index is 1510. The van der Waals surface area contributed by atoms with Crippen molar-refractivity contribution >= 4 is 68.1 Å². The molecule has 1 aliphatic rings. The molecule has 49 heavy (non-hydrogen) atoms.